The van der Waals surface area contributed by atoms with Crippen LogP contribution in [0.3, 0.4) is 0 Å². The van der Waals surface area contributed by atoms with Crippen molar-refractivity contribution in [3.05, 3.63) is 0 Å². The van der Waals surface area contributed by atoms with Gasteiger partial charge in [-0.25, -0.2) is 8.78 Å². The number of nitrogens with one attached hydrogen (secondary N) is 1. The second-order valence-electron chi connectivity index (χ2n) is 4.06. The molecule has 0 aromatic carbocycles. The fourth-order valence-electron chi connectivity index (χ4n) is 1.44. The standard InChI is InChI=1S/C9H13F4NO2/c1-5-8(2,3-4-16-5)14-7(15)9(12,13)6(10)11/h5-6H,3-4H2,1-2H3,(H,14,15). The molecule has 0 aromatic heterocycles. The van der Waals surface area contributed by atoms with Crippen molar-refractivity contribution in [2.75, 3.05) is 6.61 Å². The van der Waals surface area contributed by atoms with Crippen LogP contribution in [0.25, 0.3) is 0 Å². The maximum absolute atomic E-state index is 12.7. The van der Waals surface area contributed by atoms with E-state index in [0.717, 1.165) is 0 Å². The Morgan fingerprint density at radius 2 is 2.12 bits per heavy atom. The first-order chi connectivity index (χ1) is 7.20. The van der Waals surface area contributed by atoms with Gasteiger partial charge in [-0.3, -0.25) is 4.79 Å². The summed E-state index contributed by atoms with van der Waals surface area (Å²) < 4.78 is 54.3. The molecule has 16 heavy (non-hydrogen) atoms. The van der Waals surface area contributed by atoms with Gasteiger partial charge in [-0.05, 0) is 20.3 Å². The zero-order valence-corrected chi connectivity index (χ0v) is 8.90. The molecule has 0 spiro atoms. The van der Waals surface area contributed by atoms with Gasteiger partial charge < -0.3 is 10.1 Å². The van der Waals surface area contributed by atoms with E-state index in [1.54, 1.807) is 6.92 Å². The summed E-state index contributed by atoms with van der Waals surface area (Å²) in [6.45, 7) is 3.39. The molecule has 1 saturated heterocycles. The van der Waals surface area contributed by atoms with E-state index in [9.17, 15) is 22.4 Å². The predicted octanol–water partition coefficient (Wildman–Crippen LogP) is 1.57. The first-order valence-electron chi connectivity index (χ1n) is 4.80. The SMILES string of the molecule is CC1OCCC1(C)NC(=O)C(F)(F)C(F)F. The molecular formula is C9H13F4NO2. The zero-order valence-electron chi connectivity index (χ0n) is 8.90. The minimum Gasteiger partial charge on any atom is -0.376 e. The van der Waals surface area contributed by atoms with E-state index in [4.69, 9.17) is 4.74 Å². The highest BCUT2D eigenvalue weighted by molar-refractivity contribution is 5.84. The number of ether oxygens (including phenoxy) is 1. The second kappa shape index (κ2) is 4.20. The third-order valence-electron chi connectivity index (χ3n) is 2.86. The van der Waals surface area contributed by atoms with Gasteiger partial charge >= 0.3 is 12.3 Å². The monoisotopic (exact) mass is 243 g/mol. The number of hydrogen-bond donors (Lipinski definition) is 1. The Hall–Kier alpha value is -0.850. The van der Waals surface area contributed by atoms with Crippen molar-refractivity contribution in [3.63, 3.8) is 0 Å². The second-order valence-corrected chi connectivity index (χ2v) is 4.06. The topological polar surface area (TPSA) is 38.3 Å². The highest BCUT2D eigenvalue weighted by Crippen LogP contribution is 2.29. The summed E-state index contributed by atoms with van der Waals surface area (Å²) in [5.41, 5.74) is -1.02. The number of hydrogen-bond acceptors (Lipinski definition) is 2. The smallest absolute Gasteiger partial charge is 0.376 e. The predicted molar refractivity (Wildman–Crippen MR) is 47.5 cm³/mol. The summed E-state index contributed by atoms with van der Waals surface area (Å²) in [5.74, 6) is -6.62. The molecule has 1 amide bonds. The van der Waals surface area contributed by atoms with Crippen molar-refractivity contribution < 1.29 is 27.1 Å². The maximum atomic E-state index is 12.7. The average molecular weight is 243 g/mol. The molecular weight excluding hydrogens is 230 g/mol. The average Bonchev–Trinajstić information content (AvgIpc) is 2.46. The van der Waals surface area contributed by atoms with Gasteiger partial charge in [0.2, 0.25) is 0 Å². The van der Waals surface area contributed by atoms with Crippen LogP contribution >= 0.6 is 0 Å². The van der Waals surface area contributed by atoms with Gasteiger partial charge in [0.25, 0.3) is 5.91 Å². The normalized spacial score (nSPS) is 30.8. The minimum atomic E-state index is -4.66. The third kappa shape index (κ3) is 2.28. The lowest BCUT2D eigenvalue weighted by atomic mass is 9.94. The molecule has 7 heteroatoms. The largest absolute Gasteiger partial charge is 0.383 e. The van der Waals surface area contributed by atoms with Crippen molar-refractivity contribution in [1.29, 1.82) is 0 Å². The fourth-order valence-corrected chi connectivity index (χ4v) is 1.44. The lowest BCUT2D eigenvalue weighted by Crippen LogP contribution is -2.57. The molecule has 1 rings (SSSR count). The van der Waals surface area contributed by atoms with Crippen LogP contribution in [0.4, 0.5) is 17.6 Å². The molecule has 0 aromatic rings. The highest BCUT2D eigenvalue weighted by Gasteiger charge is 2.52. The van der Waals surface area contributed by atoms with E-state index >= 15 is 0 Å². The lowest BCUT2D eigenvalue weighted by Gasteiger charge is -2.30. The fraction of sp³-hybridized carbons (Fsp3) is 0.889. The number of carbonyl (C=O) groups is 1. The summed E-state index contributed by atoms with van der Waals surface area (Å²) in [6.07, 6.45) is -4.17. The van der Waals surface area contributed by atoms with E-state index in [-0.39, 0.29) is 0 Å². The van der Waals surface area contributed by atoms with E-state index in [0.29, 0.717) is 13.0 Å². The molecule has 94 valence electrons. The van der Waals surface area contributed by atoms with Crippen LogP contribution in [0.15, 0.2) is 0 Å². The Kier molecular flexibility index (Phi) is 3.47. The minimum absolute atomic E-state index is 0.304. The highest BCUT2D eigenvalue weighted by atomic mass is 19.3. The van der Waals surface area contributed by atoms with Crippen molar-refractivity contribution in [3.8, 4) is 0 Å². The van der Waals surface area contributed by atoms with Crippen molar-refractivity contribution >= 4 is 5.91 Å². The Bertz CT molecular complexity index is 285. The Labute approximate surface area is 90.1 Å². The number of alkyl halides is 4. The molecule has 0 radical (unpaired) electrons. The maximum Gasteiger partial charge on any atom is 0.383 e. The van der Waals surface area contributed by atoms with Gasteiger partial charge in [-0.15, -0.1) is 0 Å². The van der Waals surface area contributed by atoms with Crippen molar-refractivity contribution in [1.82, 2.24) is 5.32 Å². The molecule has 0 aliphatic carbocycles. The van der Waals surface area contributed by atoms with Crippen LogP contribution in [-0.2, 0) is 9.53 Å². The van der Waals surface area contributed by atoms with E-state index < -0.39 is 29.9 Å². The molecule has 1 fully saturated rings. The van der Waals surface area contributed by atoms with Gasteiger partial charge in [0.15, 0.2) is 0 Å². The zero-order chi connectivity index (χ0) is 12.6. The molecule has 0 bridgehead atoms. The number of amides is 1. The molecule has 1 aliphatic rings. The Balaban J connectivity index is 2.71. The molecule has 2 atom stereocenters. The first-order valence-corrected chi connectivity index (χ1v) is 4.80. The quantitative estimate of drug-likeness (QED) is 0.764. The molecule has 0 saturated carbocycles. The van der Waals surface area contributed by atoms with Gasteiger partial charge in [-0.1, -0.05) is 0 Å². The Morgan fingerprint density at radius 1 is 1.56 bits per heavy atom. The van der Waals surface area contributed by atoms with Gasteiger partial charge in [0.05, 0.1) is 11.6 Å². The summed E-state index contributed by atoms with van der Waals surface area (Å²) in [5, 5.41) is 1.93. The number of halogens is 4. The number of rotatable bonds is 3. The molecule has 1 N–H and O–H groups in total. The van der Waals surface area contributed by atoms with Crippen LogP contribution < -0.4 is 5.32 Å². The van der Waals surface area contributed by atoms with Gasteiger partial charge in [-0.2, -0.15) is 8.78 Å². The lowest BCUT2D eigenvalue weighted by molar-refractivity contribution is -0.171. The molecule has 2 unspecified atom stereocenters. The van der Waals surface area contributed by atoms with E-state index in [1.165, 1.54) is 6.92 Å². The van der Waals surface area contributed by atoms with Crippen LogP contribution in [0.5, 0.6) is 0 Å². The summed E-state index contributed by atoms with van der Waals surface area (Å²) in [7, 11) is 0. The van der Waals surface area contributed by atoms with Crippen molar-refractivity contribution in [2.24, 2.45) is 0 Å². The van der Waals surface area contributed by atoms with Gasteiger partial charge in [0, 0.05) is 6.61 Å². The molecule has 3 nitrogen and oxygen atoms in total. The van der Waals surface area contributed by atoms with Gasteiger partial charge in [0.1, 0.15) is 0 Å². The molecule has 1 aliphatic heterocycles. The van der Waals surface area contributed by atoms with Crippen LogP contribution in [0.1, 0.15) is 20.3 Å². The number of carbonyl (C=O) groups excluding carboxylic acids is 1. The Morgan fingerprint density at radius 3 is 2.50 bits per heavy atom. The first kappa shape index (κ1) is 13.2. The molecule has 1 heterocycles. The van der Waals surface area contributed by atoms with E-state index in [1.807, 2.05) is 5.32 Å². The van der Waals surface area contributed by atoms with E-state index in [2.05, 4.69) is 0 Å². The van der Waals surface area contributed by atoms with Crippen LogP contribution in [0, 0.1) is 0 Å². The van der Waals surface area contributed by atoms with Crippen LogP contribution in [0.2, 0.25) is 0 Å². The summed E-state index contributed by atoms with van der Waals surface area (Å²) in [4.78, 5) is 11.0. The third-order valence-corrected chi connectivity index (χ3v) is 2.86. The van der Waals surface area contributed by atoms with Crippen molar-refractivity contribution in [2.45, 2.75) is 44.3 Å². The summed E-state index contributed by atoms with van der Waals surface area (Å²) >= 11 is 0. The summed E-state index contributed by atoms with van der Waals surface area (Å²) in [6, 6.07) is 0. The van der Waals surface area contributed by atoms with Crippen LogP contribution in [-0.4, -0.2) is 36.5 Å².